The van der Waals surface area contributed by atoms with Crippen molar-refractivity contribution in [2.24, 2.45) is 7.05 Å². The molecule has 0 radical (unpaired) electrons. The smallest absolute Gasteiger partial charge is 0.160 e. The summed E-state index contributed by atoms with van der Waals surface area (Å²) in [5, 5.41) is 0.375. The van der Waals surface area contributed by atoms with Gasteiger partial charge < -0.3 is 4.57 Å². The molecule has 66 valence electrons. The third-order valence-electron chi connectivity index (χ3n) is 1.66. The van der Waals surface area contributed by atoms with Gasteiger partial charge in [0.15, 0.2) is 5.82 Å². The Morgan fingerprint density at radius 2 is 2.23 bits per heavy atom. The molecule has 0 bridgehead atoms. The first-order valence-electron chi connectivity index (χ1n) is 3.72. The van der Waals surface area contributed by atoms with Crippen LogP contribution in [0, 0.1) is 0 Å². The number of hydrogen-bond acceptors (Lipinski definition) is 3. The van der Waals surface area contributed by atoms with Gasteiger partial charge in [0.25, 0.3) is 0 Å². The van der Waals surface area contributed by atoms with Crippen LogP contribution >= 0.6 is 11.6 Å². The standard InChI is InChI=1S/C8H7ClN4/c1-13-3-2-11-8(13)6-4-10-5-7(9)12-6/h2-5H,1H3. The molecule has 2 aromatic rings. The summed E-state index contributed by atoms with van der Waals surface area (Å²) in [4.78, 5) is 12.2. The van der Waals surface area contributed by atoms with Crippen molar-refractivity contribution >= 4 is 11.6 Å². The summed E-state index contributed by atoms with van der Waals surface area (Å²) in [6, 6.07) is 0. The van der Waals surface area contributed by atoms with Crippen LogP contribution in [0.25, 0.3) is 11.5 Å². The molecule has 0 aliphatic heterocycles. The number of nitrogens with zero attached hydrogens (tertiary/aromatic N) is 4. The van der Waals surface area contributed by atoms with Crippen LogP contribution in [0.15, 0.2) is 24.8 Å². The lowest BCUT2D eigenvalue weighted by atomic mass is 10.4. The Labute approximate surface area is 80.2 Å². The van der Waals surface area contributed by atoms with Crippen molar-refractivity contribution < 1.29 is 0 Å². The van der Waals surface area contributed by atoms with Crippen LogP contribution in [0.2, 0.25) is 5.15 Å². The number of rotatable bonds is 1. The molecular formula is C8H7ClN4. The zero-order valence-electron chi connectivity index (χ0n) is 6.98. The highest BCUT2D eigenvalue weighted by Crippen LogP contribution is 2.14. The number of halogens is 1. The number of imidazole rings is 1. The Morgan fingerprint density at radius 1 is 1.38 bits per heavy atom. The van der Waals surface area contributed by atoms with Crippen LogP contribution in [-0.4, -0.2) is 19.5 Å². The minimum Gasteiger partial charge on any atom is -0.333 e. The van der Waals surface area contributed by atoms with Crippen LogP contribution in [-0.2, 0) is 7.05 Å². The molecule has 0 fully saturated rings. The minimum atomic E-state index is 0.375. The van der Waals surface area contributed by atoms with E-state index in [1.54, 1.807) is 12.4 Å². The molecular weight excluding hydrogens is 188 g/mol. The summed E-state index contributed by atoms with van der Waals surface area (Å²) >= 11 is 5.70. The van der Waals surface area contributed by atoms with E-state index >= 15 is 0 Å². The van der Waals surface area contributed by atoms with E-state index in [4.69, 9.17) is 11.6 Å². The first-order chi connectivity index (χ1) is 6.27. The van der Waals surface area contributed by atoms with Crippen molar-refractivity contribution in [3.05, 3.63) is 29.9 Å². The van der Waals surface area contributed by atoms with Gasteiger partial charge in [-0.15, -0.1) is 0 Å². The predicted molar refractivity (Wildman–Crippen MR) is 49.2 cm³/mol. The monoisotopic (exact) mass is 194 g/mol. The second kappa shape index (κ2) is 3.14. The minimum absolute atomic E-state index is 0.375. The summed E-state index contributed by atoms with van der Waals surface area (Å²) in [5.41, 5.74) is 0.681. The molecule has 0 N–H and O–H groups in total. The van der Waals surface area contributed by atoms with Gasteiger partial charge in [-0.2, -0.15) is 0 Å². The summed E-state index contributed by atoms with van der Waals surface area (Å²) < 4.78 is 1.86. The van der Waals surface area contributed by atoms with Crippen molar-refractivity contribution in [3.8, 4) is 11.5 Å². The molecule has 0 atom stereocenters. The van der Waals surface area contributed by atoms with Gasteiger partial charge in [-0.25, -0.2) is 9.97 Å². The van der Waals surface area contributed by atoms with E-state index in [0.29, 0.717) is 10.8 Å². The van der Waals surface area contributed by atoms with E-state index in [1.807, 2.05) is 17.8 Å². The van der Waals surface area contributed by atoms with E-state index in [9.17, 15) is 0 Å². The quantitative estimate of drug-likeness (QED) is 0.692. The Kier molecular flexibility index (Phi) is 1.98. The maximum atomic E-state index is 5.70. The summed E-state index contributed by atoms with van der Waals surface area (Å²) in [6.45, 7) is 0. The van der Waals surface area contributed by atoms with Crippen LogP contribution in [0.5, 0.6) is 0 Å². The molecule has 2 heterocycles. The van der Waals surface area contributed by atoms with E-state index < -0.39 is 0 Å². The third kappa shape index (κ3) is 1.53. The molecule has 13 heavy (non-hydrogen) atoms. The van der Waals surface area contributed by atoms with Crippen molar-refractivity contribution in [1.29, 1.82) is 0 Å². The van der Waals surface area contributed by atoms with Crippen LogP contribution in [0.4, 0.5) is 0 Å². The second-order valence-corrected chi connectivity index (χ2v) is 2.98. The van der Waals surface area contributed by atoms with E-state index in [-0.39, 0.29) is 0 Å². The van der Waals surface area contributed by atoms with Gasteiger partial charge in [0.2, 0.25) is 0 Å². The van der Waals surface area contributed by atoms with Gasteiger partial charge >= 0.3 is 0 Å². The zero-order valence-corrected chi connectivity index (χ0v) is 7.73. The Balaban J connectivity index is 2.53. The lowest BCUT2D eigenvalue weighted by molar-refractivity contribution is 0.915. The largest absolute Gasteiger partial charge is 0.333 e. The Morgan fingerprint density at radius 3 is 2.85 bits per heavy atom. The van der Waals surface area contributed by atoms with E-state index in [1.165, 1.54) is 6.20 Å². The molecule has 0 aliphatic rings. The summed E-state index contributed by atoms with van der Waals surface area (Å²) in [7, 11) is 1.89. The van der Waals surface area contributed by atoms with Crippen molar-refractivity contribution in [2.75, 3.05) is 0 Å². The molecule has 0 spiro atoms. The Bertz CT molecular complexity index is 424. The zero-order chi connectivity index (χ0) is 9.26. The van der Waals surface area contributed by atoms with Crippen molar-refractivity contribution in [2.45, 2.75) is 0 Å². The molecule has 0 aliphatic carbocycles. The fourth-order valence-electron chi connectivity index (χ4n) is 1.06. The van der Waals surface area contributed by atoms with Gasteiger partial charge in [0.1, 0.15) is 10.8 Å². The molecule has 0 amide bonds. The molecule has 0 unspecified atom stereocenters. The predicted octanol–water partition coefficient (Wildman–Crippen LogP) is 1.53. The molecule has 2 rings (SSSR count). The highest BCUT2D eigenvalue weighted by atomic mass is 35.5. The molecule has 0 saturated heterocycles. The molecule has 4 nitrogen and oxygen atoms in total. The maximum absolute atomic E-state index is 5.70. The molecule has 2 aromatic heterocycles. The van der Waals surface area contributed by atoms with Crippen LogP contribution in [0.1, 0.15) is 0 Å². The average Bonchev–Trinajstić information content (AvgIpc) is 2.51. The second-order valence-electron chi connectivity index (χ2n) is 2.59. The van der Waals surface area contributed by atoms with E-state index in [2.05, 4.69) is 15.0 Å². The topological polar surface area (TPSA) is 43.6 Å². The number of aromatic nitrogens is 4. The normalized spacial score (nSPS) is 10.3. The van der Waals surface area contributed by atoms with Crippen LogP contribution < -0.4 is 0 Å². The molecule has 5 heteroatoms. The fourth-order valence-corrected chi connectivity index (χ4v) is 1.21. The first kappa shape index (κ1) is 8.19. The van der Waals surface area contributed by atoms with Gasteiger partial charge in [-0.3, -0.25) is 4.98 Å². The third-order valence-corrected chi connectivity index (χ3v) is 1.84. The highest BCUT2D eigenvalue weighted by molar-refractivity contribution is 6.29. The number of aryl methyl sites for hydroxylation is 1. The van der Waals surface area contributed by atoms with Crippen molar-refractivity contribution in [1.82, 2.24) is 19.5 Å². The maximum Gasteiger partial charge on any atom is 0.160 e. The van der Waals surface area contributed by atoms with Crippen LogP contribution in [0.3, 0.4) is 0 Å². The number of hydrogen-bond donors (Lipinski definition) is 0. The summed E-state index contributed by atoms with van der Waals surface area (Å²) in [5.74, 6) is 0.759. The lowest BCUT2D eigenvalue weighted by Crippen LogP contribution is -1.94. The SMILES string of the molecule is Cn1ccnc1-c1cncc(Cl)n1. The van der Waals surface area contributed by atoms with Crippen molar-refractivity contribution in [3.63, 3.8) is 0 Å². The van der Waals surface area contributed by atoms with Gasteiger partial charge in [-0.1, -0.05) is 11.6 Å². The molecule has 0 aromatic carbocycles. The first-order valence-corrected chi connectivity index (χ1v) is 4.10. The van der Waals surface area contributed by atoms with Gasteiger partial charge in [-0.05, 0) is 0 Å². The summed E-state index contributed by atoms with van der Waals surface area (Å²) in [6.07, 6.45) is 6.68. The van der Waals surface area contributed by atoms with Gasteiger partial charge in [0, 0.05) is 19.4 Å². The average molecular weight is 195 g/mol. The van der Waals surface area contributed by atoms with Gasteiger partial charge in [0.05, 0.1) is 12.4 Å². The van der Waals surface area contributed by atoms with E-state index in [0.717, 1.165) is 5.82 Å². The fraction of sp³-hybridized carbons (Fsp3) is 0.125. The lowest BCUT2D eigenvalue weighted by Gasteiger charge is -1.99. The molecule has 0 saturated carbocycles. The Hall–Kier alpha value is -1.42. The highest BCUT2D eigenvalue weighted by Gasteiger charge is 2.04.